The van der Waals surface area contributed by atoms with Crippen LogP contribution in [0.5, 0.6) is 0 Å². The highest BCUT2D eigenvalue weighted by molar-refractivity contribution is 6.76. The Bertz CT molecular complexity index is 543. The number of carbonyl (C=O) groups is 3. The van der Waals surface area contributed by atoms with E-state index in [4.69, 9.17) is 15.9 Å². The van der Waals surface area contributed by atoms with Crippen molar-refractivity contribution in [3.8, 4) is 12.3 Å². The number of carbonyl (C=O) groups excluding carboxylic acids is 3. The van der Waals surface area contributed by atoms with Crippen molar-refractivity contribution in [1.29, 1.82) is 0 Å². The van der Waals surface area contributed by atoms with E-state index in [0.717, 1.165) is 6.04 Å². The Balaban J connectivity index is 4.63. The van der Waals surface area contributed by atoms with Gasteiger partial charge in [-0.1, -0.05) is 19.6 Å². The number of ether oxygens (including phenoxy) is 2. The molecule has 2 atom stereocenters. The average molecular weight is 385 g/mol. The van der Waals surface area contributed by atoms with E-state index in [1.54, 1.807) is 20.8 Å². The Morgan fingerprint density at radius 3 is 2.19 bits per heavy atom. The van der Waals surface area contributed by atoms with Gasteiger partial charge in [-0.3, -0.25) is 4.79 Å². The zero-order chi connectivity index (χ0) is 20.5. The molecule has 0 heterocycles. The summed E-state index contributed by atoms with van der Waals surface area (Å²) in [6.45, 7) is 13.5. The van der Waals surface area contributed by atoms with Gasteiger partial charge in [-0.2, -0.15) is 0 Å². The topological polar surface area (TPSA) is 93.7 Å². The molecule has 2 N–H and O–H groups in total. The zero-order valence-electron chi connectivity index (χ0n) is 16.9. The van der Waals surface area contributed by atoms with Crippen LogP contribution in [0.4, 0.5) is 4.79 Å². The molecule has 0 radical (unpaired) electrons. The zero-order valence-corrected chi connectivity index (χ0v) is 17.9. The maximum Gasteiger partial charge on any atom is 0.408 e. The molecule has 0 saturated carbocycles. The van der Waals surface area contributed by atoms with Crippen LogP contribution in [0.3, 0.4) is 0 Å². The van der Waals surface area contributed by atoms with Gasteiger partial charge in [0.1, 0.15) is 17.7 Å². The normalized spacial score (nSPS) is 13.8. The lowest BCUT2D eigenvalue weighted by atomic mass is 10.2. The molecule has 0 saturated heterocycles. The Morgan fingerprint density at radius 2 is 1.73 bits per heavy atom. The molecule has 0 aromatic heterocycles. The number of alkyl carbamates (subject to hydrolysis) is 1. The summed E-state index contributed by atoms with van der Waals surface area (Å²) in [6.07, 6.45) is 4.57. The summed E-state index contributed by atoms with van der Waals surface area (Å²) in [7, 11) is -1.33. The first-order valence-electron chi connectivity index (χ1n) is 8.65. The monoisotopic (exact) mass is 384 g/mol. The lowest BCUT2D eigenvalue weighted by molar-refractivity contribution is -0.147. The van der Waals surface area contributed by atoms with Crippen molar-refractivity contribution in [2.45, 2.75) is 77.5 Å². The molecule has 0 aliphatic carbocycles. The first-order valence-corrected chi connectivity index (χ1v) is 12.4. The van der Waals surface area contributed by atoms with Crippen molar-refractivity contribution < 1.29 is 23.9 Å². The van der Waals surface area contributed by atoms with Crippen molar-refractivity contribution >= 4 is 26.0 Å². The molecule has 0 spiro atoms. The second kappa shape index (κ2) is 10.2. The van der Waals surface area contributed by atoms with E-state index in [9.17, 15) is 14.4 Å². The first kappa shape index (κ1) is 24.0. The fourth-order valence-electron chi connectivity index (χ4n) is 1.72. The molecule has 26 heavy (non-hydrogen) atoms. The number of nitrogens with one attached hydrogen (secondary N) is 2. The van der Waals surface area contributed by atoms with E-state index in [-0.39, 0.29) is 6.42 Å². The Morgan fingerprint density at radius 1 is 1.15 bits per heavy atom. The van der Waals surface area contributed by atoms with Crippen LogP contribution in [0.1, 0.15) is 34.1 Å². The molecule has 0 aliphatic heterocycles. The number of esters is 1. The number of terminal acetylenes is 1. The predicted octanol–water partition coefficient (Wildman–Crippen LogP) is 2.29. The Hall–Kier alpha value is -2.01. The van der Waals surface area contributed by atoms with Crippen molar-refractivity contribution in [3.63, 3.8) is 0 Å². The quantitative estimate of drug-likeness (QED) is 0.380. The van der Waals surface area contributed by atoms with Crippen LogP contribution < -0.4 is 10.6 Å². The van der Waals surface area contributed by atoms with Crippen molar-refractivity contribution in [1.82, 2.24) is 10.6 Å². The van der Waals surface area contributed by atoms with Gasteiger partial charge in [0, 0.05) is 14.5 Å². The van der Waals surface area contributed by atoms with Crippen LogP contribution in [0.2, 0.25) is 25.7 Å². The van der Waals surface area contributed by atoms with Crippen LogP contribution in [-0.2, 0) is 19.1 Å². The highest BCUT2D eigenvalue weighted by Crippen LogP contribution is 2.09. The van der Waals surface area contributed by atoms with E-state index in [2.05, 4.69) is 36.2 Å². The molecule has 0 aromatic rings. The lowest BCUT2D eigenvalue weighted by Gasteiger charge is -2.23. The van der Waals surface area contributed by atoms with Crippen LogP contribution in [0.25, 0.3) is 0 Å². The van der Waals surface area contributed by atoms with E-state index in [0.29, 0.717) is 6.61 Å². The fourth-order valence-corrected chi connectivity index (χ4v) is 2.43. The summed E-state index contributed by atoms with van der Waals surface area (Å²) in [5.74, 6) is 1.24. The third kappa shape index (κ3) is 11.5. The van der Waals surface area contributed by atoms with E-state index < -0.39 is 43.7 Å². The largest absolute Gasteiger partial charge is 0.464 e. The number of hydrogen-bond donors (Lipinski definition) is 2. The smallest absolute Gasteiger partial charge is 0.408 e. The summed E-state index contributed by atoms with van der Waals surface area (Å²) < 4.78 is 10.3. The molecule has 0 aromatic carbocycles. The first-order chi connectivity index (χ1) is 11.7. The summed E-state index contributed by atoms with van der Waals surface area (Å²) in [4.78, 5) is 36.1. The van der Waals surface area contributed by atoms with E-state index >= 15 is 0 Å². The van der Waals surface area contributed by atoms with Gasteiger partial charge in [-0.25, -0.2) is 9.59 Å². The van der Waals surface area contributed by atoms with Gasteiger partial charge in [0.05, 0.1) is 6.61 Å². The average Bonchev–Trinajstić information content (AvgIpc) is 2.42. The lowest BCUT2D eigenvalue weighted by Crippen LogP contribution is -2.51. The molecule has 0 fully saturated rings. The van der Waals surface area contributed by atoms with Gasteiger partial charge >= 0.3 is 12.1 Å². The second-order valence-electron chi connectivity index (χ2n) is 8.32. The number of hydrogen-bond acceptors (Lipinski definition) is 5. The molecule has 7 nitrogen and oxygen atoms in total. The summed E-state index contributed by atoms with van der Waals surface area (Å²) >= 11 is 0. The third-order valence-corrected chi connectivity index (χ3v) is 4.85. The highest BCUT2D eigenvalue weighted by Gasteiger charge is 2.26. The number of rotatable bonds is 8. The predicted molar refractivity (Wildman–Crippen MR) is 103 cm³/mol. The maximum absolute atomic E-state index is 12.2. The molecule has 0 bridgehead atoms. The fraction of sp³-hybridized carbons (Fsp3) is 0.722. The Kier molecular flexibility index (Phi) is 9.42. The van der Waals surface area contributed by atoms with Crippen molar-refractivity contribution in [3.05, 3.63) is 0 Å². The molecule has 0 rings (SSSR count). The Labute approximate surface area is 157 Å². The summed E-state index contributed by atoms with van der Waals surface area (Å²) in [5.41, 5.74) is -0.674. The maximum atomic E-state index is 12.2. The van der Waals surface area contributed by atoms with Gasteiger partial charge < -0.3 is 20.1 Å². The van der Waals surface area contributed by atoms with Crippen LogP contribution in [0, 0.1) is 12.3 Å². The molecular weight excluding hydrogens is 352 g/mol. The summed E-state index contributed by atoms with van der Waals surface area (Å²) in [5, 5.41) is 4.93. The van der Waals surface area contributed by atoms with E-state index in [1.165, 1.54) is 6.92 Å². The van der Waals surface area contributed by atoms with E-state index in [1.807, 2.05) is 0 Å². The molecular formula is C18H32N2O5Si. The molecule has 8 heteroatoms. The molecule has 0 aliphatic rings. The second-order valence-corrected chi connectivity index (χ2v) is 13.9. The number of amides is 2. The standard InChI is InChI=1S/C18H32N2O5Si/c1-9-10-14(16(22)24-11-12-26(6,7)8)20-15(21)13(2)19-17(23)25-18(3,4)5/h1,13-14H,10-12H2,2-8H3,(H,19,23)(H,20,21)/t13-,14?/m1/s1. The van der Waals surface area contributed by atoms with Gasteiger partial charge in [-0.05, 0) is 33.7 Å². The van der Waals surface area contributed by atoms with Crippen LogP contribution in [-0.4, -0.2) is 50.3 Å². The van der Waals surface area contributed by atoms with Gasteiger partial charge in [-0.15, -0.1) is 12.3 Å². The van der Waals surface area contributed by atoms with Crippen molar-refractivity contribution in [2.24, 2.45) is 0 Å². The molecule has 2 amide bonds. The minimum absolute atomic E-state index is 0.0106. The minimum atomic E-state index is -1.33. The minimum Gasteiger partial charge on any atom is -0.464 e. The summed E-state index contributed by atoms with van der Waals surface area (Å²) in [6, 6.07) is -1.01. The third-order valence-electron chi connectivity index (χ3n) is 3.15. The molecule has 1 unspecified atom stereocenters. The molecule has 148 valence electrons. The van der Waals surface area contributed by atoms with Gasteiger partial charge in [0.15, 0.2) is 0 Å². The van der Waals surface area contributed by atoms with Gasteiger partial charge in [0.25, 0.3) is 0 Å². The van der Waals surface area contributed by atoms with Crippen molar-refractivity contribution in [2.75, 3.05) is 6.61 Å². The highest BCUT2D eigenvalue weighted by atomic mass is 28.3. The van der Waals surface area contributed by atoms with Crippen LogP contribution in [0.15, 0.2) is 0 Å². The SMILES string of the molecule is C#CCC(NC(=O)[C@@H](C)NC(=O)OC(C)(C)C)C(=O)OCC[Si](C)(C)C. The van der Waals surface area contributed by atoms with Crippen LogP contribution >= 0.6 is 0 Å². The van der Waals surface area contributed by atoms with Gasteiger partial charge in [0.2, 0.25) is 5.91 Å².